The predicted molar refractivity (Wildman–Crippen MR) is 42.1 cm³/mol. The molecule has 0 aliphatic carbocycles. The second-order valence-electron chi connectivity index (χ2n) is 2.91. The van der Waals surface area contributed by atoms with E-state index in [0.717, 1.165) is 7.11 Å². The first kappa shape index (κ1) is 13.7. The van der Waals surface area contributed by atoms with E-state index in [0.29, 0.717) is 6.92 Å². The van der Waals surface area contributed by atoms with Gasteiger partial charge in [0.25, 0.3) is 0 Å². The van der Waals surface area contributed by atoms with Crippen molar-refractivity contribution in [2.45, 2.75) is 18.6 Å². The van der Waals surface area contributed by atoms with Gasteiger partial charge in [-0.3, -0.25) is 4.79 Å². The normalized spacial score (nSPS) is 15.5. The summed E-state index contributed by atoms with van der Waals surface area (Å²) in [5.41, 5.74) is -3.30. The number of nitrogens with one attached hydrogen (secondary N) is 1. The SMILES string of the molecule is COCC(=O)NC(C)(C(=O)O)C(F)(F)F. The van der Waals surface area contributed by atoms with Crippen molar-refractivity contribution in [3.8, 4) is 0 Å². The molecule has 1 amide bonds. The summed E-state index contributed by atoms with van der Waals surface area (Å²) in [7, 11) is 1.10. The van der Waals surface area contributed by atoms with Crippen LogP contribution in [0, 0.1) is 0 Å². The second kappa shape index (κ2) is 4.47. The van der Waals surface area contributed by atoms with E-state index in [1.54, 1.807) is 0 Å². The van der Waals surface area contributed by atoms with Gasteiger partial charge < -0.3 is 15.2 Å². The van der Waals surface area contributed by atoms with Crippen LogP contribution in [0.5, 0.6) is 0 Å². The average Bonchev–Trinajstić information content (AvgIpc) is 2.01. The van der Waals surface area contributed by atoms with Crippen LogP contribution in [0.3, 0.4) is 0 Å². The molecule has 15 heavy (non-hydrogen) atoms. The van der Waals surface area contributed by atoms with Crippen molar-refractivity contribution in [1.29, 1.82) is 0 Å². The second-order valence-corrected chi connectivity index (χ2v) is 2.91. The monoisotopic (exact) mass is 229 g/mol. The Morgan fingerprint density at radius 3 is 2.13 bits per heavy atom. The van der Waals surface area contributed by atoms with Crippen LogP contribution in [-0.2, 0) is 14.3 Å². The van der Waals surface area contributed by atoms with Crippen LogP contribution >= 0.6 is 0 Å². The Morgan fingerprint density at radius 2 is 1.87 bits per heavy atom. The molecule has 5 nitrogen and oxygen atoms in total. The molecule has 0 aromatic rings. The van der Waals surface area contributed by atoms with Crippen LogP contribution in [0.1, 0.15) is 6.92 Å². The predicted octanol–water partition coefficient (Wildman–Crippen LogP) is 0.155. The highest BCUT2D eigenvalue weighted by Gasteiger charge is 2.58. The number of carbonyl (C=O) groups excluding carboxylic acids is 1. The van der Waals surface area contributed by atoms with E-state index in [1.807, 2.05) is 0 Å². The van der Waals surface area contributed by atoms with E-state index in [-0.39, 0.29) is 0 Å². The van der Waals surface area contributed by atoms with Crippen LogP contribution in [0.25, 0.3) is 0 Å². The standard InChI is InChI=1S/C7H10F3NO4/c1-6(5(13)14,7(8,9)10)11-4(12)3-15-2/h3H2,1-2H3,(H,11,12)(H,13,14). The maximum Gasteiger partial charge on any atom is 0.422 e. The van der Waals surface area contributed by atoms with Crippen molar-refractivity contribution in [3.05, 3.63) is 0 Å². The van der Waals surface area contributed by atoms with Crippen LogP contribution in [0.2, 0.25) is 0 Å². The lowest BCUT2D eigenvalue weighted by Crippen LogP contribution is -2.62. The van der Waals surface area contributed by atoms with Crippen molar-refractivity contribution in [2.75, 3.05) is 13.7 Å². The van der Waals surface area contributed by atoms with Crippen LogP contribution < -0.4 is 5.32 Å². The van der Waals surface area contributed by atoms with E-state index in [2.05, 4.69) is 4.74 Å². The van der Waals surface area contributed by atoms with Crippen molar-refractivity contribution in [2.24, 2.45) is 0 Å². The largest absolute Gasteiger partial charge is 0.479 e. The molecule has 0 radical (unpaired) electrons. The van der Waals surface area contributed by atoms with Gasteiger partial charge in [-0.1, -0.05) is 0 Å². The third-order valence-electron chi connectivity index (χ3n) is 1.66. The molecule has 8 heteroatoms. The molecule has 0 aromatic carbocycles. The highest BCUT2D eigenvalue weighted by molar-refractivity contribution is 5.87. The van der Waals surface area contributed by atoms with Gasteiger partial charge in [0.2, 0.25) is 11.4 Å². The Labute approximate surface area is 83.2 Å². The molecule has 0 heterocycles. The van der Waals surface area contributed by atoms with Crippen molar-refractivity contribution < 1.29 is 32.6 Å². The Kier molecular flexibility index (Phi) is 4.08. The zero-order valence-electron chi connectivity index (χ0n) is 8.01. The van der Waals surface area contributed by atoms with E-state index in [1.165, 1.54) is 5.32 Å². The zero-order chi connectivity index (χ0) is 12.3. The van der Waals surface area contributed by atoms with E-state index in [4.69, 9.17) is 5.11 Å². The van der Waals surface area contributed by atoms with Gasteiger partial charge in [-0.05, 0) is 6.92 Å². The maximum absolute atomic E-state index is 12.3. The van der Waals surface area contributed by atoms with E-state index in [9.17, 15) is 22.8 Å². The first-order chi connectivity index (χ1) is 6.65. The highest BCUT2D eigenvalue weighted by atomic mass is 19.4. The van der Waals surface area contributed by atoms with Crippen molar-refractivity contribution in [3.63, 3.8) is 0 Å². The molecule has 0 bridgehead atoms. The van der Waals surface area contributed by atoms with Crippen molar-refractivity contribution >= 4 is 11.9 Å². The fourth-order valence-corrected chi connectivity index (χ4v) is 0.692. The van der Waals surface area contributed by atoms with Gasteiger partial charge in [-0.15, -0.1) is 0 Å². The van der Waals surface area contributed by atoms with Gasteiger partial charge in [-0.25, -0.2) is 4.79 Å². The van der Waals surface area contributed by atoms with E-state index < -0.39 is 30.2 Å². The minimum Gasteiger partial charge on any atom is -0.479 e. The first-order valence-corrected chi connectivity index (χ1v) is 3.75. The number of hydrogen-bond donors (Lipinski definition) is 2. The van der Waals surface area contributed by atoms with Gasteiger partial charge >= 0.3 is 12.1 Å². The number of methoxy groups -OCH3 is 1. The van der Waals surface area contributed by atoms with Crippen LogP contribution in [0.4, 0.5) is 13.2 Å². The van der Waals surface area contributed by atoms with Crippen molar-refractivity contribution in [1.82, 2.24) is 5.32 Å². The number of carboxylic acid groups (broad SMARTS) is 1. The summed E-state index contributed by atoms with van der Waals surface area (Å²) in [6.45, 7) is -0.276. The number of ether oxygens (including phenoxy) is 1. The Bertz CT molecular complexity index is 265. The summed E-state index contributed by atoms with van der Waals surface area (Å²) in [6, 6.07) is 0. The molecule has 0 fully saturated rings. The fraction of sp³-hybridized carbons (Fsp3) is 0.714. The average molecular weight is 229 g/mol. The molecule has 2 N–H and O–H groups in total. The van der Waals surface area contributed by atoms with Crippen LogP contribution in [-0.4, -0.2) is 42.4 Å². The number of alkyl halides is 3. The molecule has 0 aromatic heterocycles. The first-order valence-electron chi connectivity index (χ1n) is 3.75. The van der Waals surface area contributed by atoms with Gasteiger partial charge in [0.15, 0.2) is 0 Å². The third-order valence-corrected chi connectivity index (χ3v) is 1.66. The smallest absolute Gasteiger partial charge is 0.422 e. The molecule has 0 spiro atoms. The molecule has 0 aliphatic rings. The number of rotatable bonds is 4. The van der Waals surface area contributed by atoms with Crippen LogP contribution in [0.15, 0.2) is 0 Å². The van der Waals surface area contributed by atoms with Gasteiger partial charge in [-0.2, -0.15) is 13.2 Å². The fourth-order valence-electron chi connectivity index (χ4n) is 0.692. The Hall–Kier alpha value is -1.31. The lowest BCUT2D eigenvalue weighted by atomic mass is 10.0. The summed E-state index contributed by atoms with van der Waals surface area (Å²) in [5, 5.41) is 9.75. The Balaban J connectivity index is 4.84. The van der Waals surface area contributed by atoms with E-state index >= 15 is 0 Å². The number of carboxylic acids is 1. The van der Waals surface area contributed by atoms with Gasteiger partial charge in [0.05, 0.1) is 0 Å². The number of aliphatic carboxylic acids is 1. The molecule has 1 unspecified atom stereocenters. The molecular weight excluding hydrogens is 219 g/mol. The summed E-state index contributed by atoms with van der Waals surface area (Å²) >= 11 is 0. The zero-order valence-corrected chi connectivity index (χ0v) is 8.01. The number of carbonyl (C=O) groups is 2. The summed E-state index contributed by atoms with van der Waals surface area (Å²) in [6.07, 6.45) is -5.08. The molecule has 88 valence electrons. The third kappa shape index (κ3) is 3.08. The molecule has 1 atom stereocenters. The molecule has 0 aliphatic heterocycles. The summed E-state index contributed by atoms with van der Waals surface area (Å²) in [5.74, 6) is -3.33. The Morgan fingerprint density at radius 1 is 1.40 bits per heavy atom. The quantitative estimate of drug-likeness (QED) is 0.719. The number of hydrogen-bond acceptors (Lipinski definition) is 3. The maximum atomic E-state index is 12.3. The minimum atomic E-state index is -5.08. The van der Waals surface area contributed by atoms with Gasteiger partial charge in [0.1, 0.15) is 6.61 Å². The number of amides is 1. The minimum absolute atomic E-state index is 0.364. The summed E-state index contributed by atoms with van der Waals surface area (Å²) in [4.78, 5) is 21.2. The van der Waals surface area contributed by atoms with Gasteiger partial charge in [0, 0.05) is 7.11 Å². The molecule has 0 saturated carbocycles. The number of halogens is 3. The topological polar surface area (TPSA) is 75.6 Å². The molecule has 0 rings (SSSR count). The lowest BCUT2D eigenvalue weighted by Gasteiger charge is -2.28. The molecular formula is C7H10F3NO4. The lowest BCUT2D eigenvalue weighted by molar-refractivity contribution is -0.207. The summed E-state index contributed by atoms with van der Waals surface area (Å²) < 4.78 is 41.2. The highest BCUT2D eigenvalue weighted by Crippen LogP contribution is 2.30. The molecule has 0 saturated heterocycles.